The summed E-state index contributed by atoms with van der Waals surface area (Å²) >= 11 is 7.53. The van der Waals surface area contributed by atoms with E-state index in [9.17, 15) is 0 Å². The SMILES string of the molecule is CC(C)(CCN)CNCCc1ccc(Cl)s1. The van der Waals surface area contributed by atoms with Crippen LogP contribution in [-0.2, 0) is 6.42 Å². The van der Waals surface area contributed by atoms with Crippen molar-refractivity contribution in [1.82, 2.24) is 5.32 Å². The summed E-state index contributed by atoms with van der Waals surface area (Å²) in [4.78, 5) is 1.34. The van der Waals surface area contributed by atoms with Gasteiger partial charge in [-0.15, -0.1) is 11.3 Å². The molecule has 0 bridgehead atoms. The van der Waals surface area contributed by atoms with E-state index in [0.29, 0.717) is 5.41 Å². The predicted octanol–water partition coefficient (Wildman–Crippen LogP) is 2.91. The van der Waals surface area contributed by atoms with Gasteiger partial charge in [-0.05, 0) is 43.5 Å². The quantitative estimate of drug-likeness (QED) is 0.740. The summed E-state index contributed by atoms with van der Waals surface area (Å²) < 4.78 is 0.874. The molecule has 1 heterocycles. The van der Waals surface area contributed by atoms with E-state index in [-0.39, 0.29) is 0 Å². The fraction of sp³-hybridized carbons (Fsp3) is 0.667. The van der Waals surface area contributed by atoms with Crippen LogP contribution in [0.4, 0.5) is 0 Å². The van der Waals surface area contributed by atoms with Crippen LogP contribution in [0.25, 0.3) is 0 Å². The third-order valence-corrected chi connectivity index (χ3v) is 3.89. The molecule has 0 fully saturated rings. The average Bonchev–Trinajstić information content (AvgIpc) is 2.59. The van der Waals surface area contributed by atoms with E-state index in [4.69, 9.17) is 17.3 Å². The first-order chi connectivity index (χ1) is 7.53. The van der Waals surface area contributed by atoms with Gasteiger partial charge >= 0.3 is 0 Å². The van der Waals surface area contributed by atoms with Crippen LogP contribution in [0.3, 0.4) is 0 Å². The second-order valence-corrected chi connectivity index (χ2v) is 6.64. The van der Waals surface area contributed by atoms with E-state index in [0.717, 1.165) is 36.8 Å². The standard InChI is InChI=1S/C12H21ClN2S/c1-12(2,6-7-14)9-15-8-5-10-3-4-11(13)16-10/h3-4,15H,5-9,14H2,1-2H3. The highest BCUT2D eigenvalue weighted by Gasteiger charge is 2.15. The van der Waals surface area contributed by atoms with Crippen LogP contribution >= 0.6 is 22.9 Å². The Morgan fingerprint density at radius 1 is 1.44 bits per heavy atom. The second kappa shape index (κ2) is 6.60. The summed E-state index contributed by atoms with van der Waals surface area (Å²) in [7, 11) is 0. The molecule has 4 heteroatoms. The number of rotatable bonds is 7. The summed E-state index contributed by atoms with van der Waals surface area (Å²) in [5.74, 6) is 0. The van der Waals surface area contributed by atoms with Crippen LogP contribution in [0.5, 0.6) is 0 Å². The third-order valence-electron chi connectivity index (χ3n) is 2.60. The van der Waals surface area contributed by atoms with Crippen molar-refractivity contribution in [3.05, 3.63) is 21.3 Å². The van der Waals surface area contributed by atoms with Gasteiger partial charge in [-0.1, -0.05) is 25.4 Å². The summed E-state index contributed by atoms with van der Waals surface area (Å²) in [6, 6.07) is 4.06. The zero-order chi connectivity index (χ0) is 12.0. The Morgan fingerprint density at radius 2 is 2.19 bits per heavy atom. The molecule has 3 N–H and O–H groups in total. The maximum atomic E-state index is 5.87. The molecule has 0 unspecified atom stereocenters. The molecule has 0 amide bonds. The molecule has 0 aliphatic carbocycles. The Kier molecular flexibility index (Phi) is 5.76. The van der Waals surface area contributed by atoms with E-state index in [2.05, 4.69) is 25.2 Å². The fourth-order valence-electron chi connectivity index (χ4n) is 1.60. The van der Waals surface area contributed by atoms with E-state index in [1.807, 2.05) is 6.07 Å². The Bertz CT molecular complexity index is 310. The van der Waals surface area contributed by atoms with Crippen molar-refractivity contribution < 1.29 is 0 Å². The smallest absolute Gasteiger partial charge is 0.0931 e. The van der Waals surface area contributed by atoms with Crippen LogP contribution in [0, 0.1) is 5.41 Å². The van der Waals surface area contributed by atoms with Gasteiger partial charge in [-0.2, -0.15) is 0 Å². The maximum absolute atomic E-state index is 5.87. The normalized spacial score (nSPS) is 12.0. The van der Waals surface area contributed by atoms with Crippen molar-refractivity contribution in [2.45, 2.75) is 26.7 Å². The second-order valence-electron chi connectivity index (χ2n) is 4.84. The molecule has 0 spiro atoms. The highest BCUT2D eigenvalue weighted by Crippen LogP contribution is 2.21. The van der Waals surface area contributed by atoms with Crippen molar-refractivity contribution in [3.8, 4) is 0 Å². The number of hydrogen-bond donors (Lipinski definition) is 2. The van der Waals surface area contributed by atoms with Crippen LogP contribution in [0.2, 0.25) is 4.34 Å². The summed E-state index contributed by atoms with van der Waals surface area (Å²) in [6.45, 7) is 7.27. The van der Waals surface area contributed by atoms with E-state index in [1.165, 1.54) is 4.88 Å². The van der Waals surface area contributed by atoms with E-state index < -0.39 is 0 Å². The van der Waals surface area contributed by atoms with Gasteiger partial charge in [0.2, 0.25) is 0 Å². The lowest BCUT2D eigenvalue weighted by Gasteiger charge is -2.24. The molecule has 16 heavy (non-hydrogen) atoms. The molecule has 92 valence electrons. The Morgan fingerprint density at radius 3 is 2.75 bits per heavy atom. The first kappa shape index (κ1) is 14.0. The number of nitrogens with one attached hydrogen (secondary N) is 1. The van der Waals surface area contributed by atoms with Gasteiger partial charge < -0.3 is 11.1 Å². The number of nitrogens with two attached hydrogens (primary N) is 1. The average molecular weight is 261 g/mol. The largest absolute Gasteiger partial charge is 0.330 e. The fourth-order valence-corrected chi connectivity index (χ4v) is 2.69. The molecule has 0 radical (unpaired) electrons. The van der Waals surface area contributed by atoms with Gasteiger partial charge in [-0.25, -0.2) is 0 Å². The van der Waals surface area contributed by atoms with Crippen molar-refractivity contribution in [2.75, 3.05) is 19.6 Å². The molecule has 1 aromatic heterocycles. The zero-order valence-electron chi connectivity index (χ0n) is 10.1. The topological polar surface area (TPSA) is 38.0 Å². The van der Waals surface area contributed by atoms with Crippen molar-refractivity contribution >= 4 is 22.9 Å². The van der Waals surface area contributed by atoms with Gasteiger partial charge in [0.05, 0.1) is 4.34 Å². The maximum Gasteiger partial charge on any atom is 0.0931 e. The number of halogens is 1. The number of hydrogen-bond acceptors (Lipinski definition) is 3. The van der Waals surface area contributed by atoms with Crippen molar-refractivity contribution in [1.29, 1.82) is 0 Å². The minimum absolute atomic E-state index is 0.293. The van der Waals surface area contributed by atoms with Crippen LogP contribution in [-0.4, -0.2) is 19.6 Å². The molecule has 0 saturated heterocycles. The Balaban J connectivity index is 2.16. The monoisotopic (exact) mass is 260 g/mol. The molecular weight excluding hydrogens is 240 g/mol. The van der Waals surface area contributed by atoms with Crippen LogP contribution < -0.4 is 11.1 Å². The molecule has 0 atom stereocenters. The molecule has 2 nitrogen and oxygen atoms in total. The third kappa shape index (κ3) is 5.30. The highest BCUT2D eigenvalue weighted by molar-refractivity contribution is 7.16. The van der Waals surface area contributed by atoms with Crippen molar-refractivity contribution in [2.24, 2.45) is 11.1 Å². The Hall–Kier alpha value is -0.0900. The lowest BCUT2D eigenvalue weighted by Crippen LogP contribution is -2.32. The molecule has 0 aliphatic rings. The Labute approximate surface area is 107 Å². The number of thiophene rings is 1. The van der Waals surface area contributed by atoms with E-state index >= 15 is 0 Å². The first-order valence-corrected chi connectivity index (χ1v) is 6.88. The summed E-state index contributed by atoms with van der Waals surface area (Å²) in [5.41, 5.74) is 5.87. The molecule has 0 saturated carbocycles. The minimum atomic E-state index is 0.293. The van der Waals surface area contributed by atoms with Crippen LogP contribution in [0.1, 0.15) is 25.1 Å². The lowest BCUT2D eigenvalue weighted by atomic mass is 9.89. The van der Waals surface area contributed by atoms with Crippen molar-refractivity contribution in [3.63, 3.8) is 0 Å². The zero-order valence-corrected chi connectivity index (χ0v) is 11.6. The summed E-state index contributed by atoms with van der Waals surface area (Å²) in [5, 5.41) is 3.48. The van der Waals surface area contributed by atoms with Gasteiger partial charge in [0.15, 0.2) is 0 Å². The summed E-state index contributed by atoms with van der Waals surface area (Å²) in [6.07, 6.45) is 2.11. The molecular formula is C12H21ClN2S. The first-order valence-electron chi connectivity index (χ1n) is 5.68. The van der Waals surface area contributed by atoms with Gasteiger partial charge in [0, 0.05) is 11.4 Å². The molecule has 0 aliphatic heterocycles. The van der Waals surface area contributed by atoms with Crippen LogP contribution in [0.15, 0.2) is 12.1 Å². The molecule has 1 aromatic rings. The molecule has 1 rings (SSSR count). The predicted molar refractivity (Wildman–Crippen MR) is 73.4 cm³/mol. The van der Waals surface area contributed by atoms with Gasteiger partial charge in [-0.3, -0.25) is 0 Å². The lowest BCUT2D eigenvalue weighted by molar-refractivity contribution is 0.321. The highest BCUT2D eigenvalue weighted by atomic mass is 35.5. The van der Waals surface area contributed by atoms with Gasteiger partial charge in [0.1, 0.15) is 0 Å². The van der Waals surface area contributed by atoms with Gasteiger partial charge in [0.25, 0.3) is 0 Å². The van der Waals surface area contributed by atoms with E-state index in [1.54, 1.807) is 11.3 Å². The minimum Gasteiger partial charge on any atom is -0.330 e. The molecule has 0 aromatic carbocycles.